The van der Waals surface area contributed by atoms with E-state index in [9.17, 15) is 4.79 Å². The van der Waals surface area contributed by atoms with Gasteiger partial charge in [-0.3, -0.25) is 4.79 Å². The summed E-state index contributed by atoms with van der Waals surface area (Å²) in [5, 5.41) is 2.89. The maximum absolute atomic E-state index is 12.4. The predicted octanol–water partition coefficient (Wildman–Crippen LogP) is 3.02. The summed E-state index contributed by atoms with van der Waals surface area (Å²) in [6.07, 6.45) is 0. The van der Waals surface area contributed by atoms with Crippen LogP contribution in [0, 0.1) is 13.8 Å². The third kappa shape index (κ3) is 3.41. The SMILES string of the molecule is COc1cc(CN)ccc1NC(=O)c1cc(C)ccc1C. The molecule has 0 atom stereocenters. The lowest BCUT2D eigenvalue weighted by atomic mass is 10.0. The fourth-order valence-corrected chi connectivity index (χ4v) is 2.14. The van der Waals surface area contributed by atoms with Crippen molar-refractivity contribution in [3.05, 3.63) is 58.7 Å². The smallest absolute Gasteiger partial charge is 0.256 e. The molecule has 0 aliphatic rings. The van der Waals surface area contributed by atoms with Gasteiger partial charge in [0.2, 0.25) is 0 Å². The van der Waals surface area contributed by atoms with Gasteiger partial charge in [0.05, 0.1) is 12.8 Å². The van der Waals surface area contributed by atoms with Crippen LogP contribution in [0.5, 0.6) is 5.75 Å². The fraction of sp³-hybridized carbons (Fsp3) is 0.235. The van der Waals surface area contributed by atoms with Crippen molar-refractivity contribution in [2.24, 2.45) is 5.73 Å². The molecule has 0 bridgehead atoms. The third-order valence-electron chi connectivity index (χ3n) is 3.39. The van der Waals surface area contributed by atoms with E-state index in [2.05, 4.69) is 5.32 Å². The van der Waals surface area contributed by atoms with Crippen LogP contribution in [0.3, 0.4) is 0 Å². The quantitative estimate of drug-likeness (QED) is 0.907. The number of carbonyl (C=O) groups is 1. The van der Waals surface area contributed by atoms with Gasteiger partial charge in [-0.1, -0.05) is 23.8 Å². The van der Waals surface area contributed by atoms with Gasteiger partial charge in [-0.05, 0) is 43.2 Å². The van der Waals surface area contributed by atoms with Crippen molar-refractivity contribution >= 4 is 11.6 Å². The molecule has 0 spiro atoms. The van der Waals surface area contributed by atoms with E-state index in [-0.39, 0.29) is 5.91 Å². The Kier molecular flexibility index (Phi) is 4.60. The fourth-order valence-electron chi connectivity index (χ4n) is 2.14. The Labute approximate surface area is 124 Å². The van der Waals surface area contributed by atoms with Gasteiger partial charge in [-0.25, -0.2) is 0 Å². The second-order valence-electron chi connectivity index (χ2n) is 5.01. The number of aryl methyl sites for hydroxylation is 2. The van der Waals surface area contributed by atoms with Gasteiger partial charge in [-0.2, -0.15) is 0 Å². The van der Waals surface area contributed by atoms with Crippen molar-refractivity contribution in [1.82, 2.24) is 0 Å². The minimum Gasteiger partial charge on any atom is -0.495 e. The van der Waals surface area contributed by atoms with Crippen molar-refractivity contribution in [2.75, 3.05) is 12.4 Å². The number of ether oxygens (including phenoxy) is 1. The topological polar surface area (TPSA) is 64.3 Å². The number of rotatable bonds is 4. The zero-order valence-electron chi connectivity index (χ0n) is 12.6. The maximum Gasteiger partial charge on any atom is 0.256 e. The van der Waals surface area contributed by atoms with E-state index in [4.69, 9.17) is 10.5 Å². The van der Waals surface area contributed by atoms with Gasteiger partial charge in [0.1, 0.15) is 5.75 Å². The minimum absolute atomic E-state index is 0.144. The molecule has 0 fully saturated rings. The van der Waals surface area contributed by atoms with E-state index in [0.29, 0.717) is 23.5 Å². The highest BCUT2D eigenvalue weighted by atomic mass is 16.5. The van der Waals surface area contributed by atoms with Crippen LogP contribution >= 0.6 is 0 Å². The van der Waals surface area contributed by atoms with Gasteiger partial charge in [0.15, 0.2) is 0 Å². The second kappa shape index (κ2) is 6.41. The summed E-state index contributed by atoms with van der Waals surface area (Å²) < 4.78 is 5.31. The first-order chi connectivity index (χ1) is 10.0. The molecule has 0 saturated carbocycles. The largest absolute Gasteiger partial charge is 0.495 e. The number of nitrogens with two attached hydrogens (primary N) is 1. The molecule has 0 aromatic heterocycles. The molecule has 0 radical (unpaired) electrons. The molecule has 3 N–H and O–H groups in total. The normalized spacial score (nSPS) is 10.3. The van der Waals surface area contributed by atoms with Crippen LogP contribution in [-0.4, -0.2) is 13.0 Å². The van der Waals surface area contributed by atoms with E-state index in [1.54, 1.807) is 7.11 Å². The second-order valence-corrected chi connectivity index (χ2v) is 5.01. The monoisotopic (exact) mass is 284 g/mol. The van der Waals surface area contributed by atoms with Crippen molar-refractivity contribution in [3.8, 4) is 5.75 Å². The van der Waals surface area contributed by atoms with E-state index in [1.807, 2.05) is 50.2 Å². The van der Waals surface area contributed by atoms with Crippen LogP contribution < -0.4 is 15.8 Å². The van der Waals surface area contributed by atoms with Crippen LogP contribution in [0.25, 0.3) is 0 Å². The third-order valence-corrected chi connectivity index (χ3v) is 3.39. The van der Waals surface area contributed by atoms with Gasteiger partial charge in [0, 0.05) is 12.1 Å². The van der Waals surface area contributed by atoms with Crippen LogP contribution in [0.1, 0.15) is 27.0 Å². The minimum atomic E-state index is -0.144. The number of methoxy groups -OCH3 is 1. The molecule has 0 aliphatic carbocycles. The summed E-state index contributed by atoms with van der Waals surface area (Å²) in [5.41, 5.74) is 9.86. The first-order valence-corrected chi connectivity index (χ1v) is 6.80. The molecule has 0 unspecified atom stereocenters. The van der Waals surface area contributed by atoms with Crippen molar-refractivity contribution in [2.45, 2.75) is 20.4 Å². The first kappa shape index (κ1) is 15.1. The van der Waals surface area contributed by atoms with Gasteiger partial charge in [-0.15, -0.1) is 0 Å². The molecule has 0 heterocycles. The molecule has 1 amide bonds. The number of hydrogen-bond donors (Lipinski definition) is 2. The molecular formula is C17H20N2O2. The highest BCUT2D eigenvalue weighted by Gasteiger charge is 2.12. The number of carbonyl (C=O) groups excluding carboxylic acids is 1. The van der Waals surface area contributed by atoms with E-state index >= 15 is 0 Å². The van der Waals surface area contributed by atoms with Crippen molar-refractivity contribution in [3.63, 3.8) is 0 Å². The van der Waals surface area contributed by atoms with E-state index in [1.165, 1.54) is 0 Å². The molecule has 4 heteroatoms. The zero-order valence-corrected chi connectivity index (χ0v) is 12.6. The Morgan fingerprint density at radius 1 is 1.19 bits per heavy atom. The molecular weight excluding hydrogens is 264 g/mol. The lowest BCUT2D eigenvalue weighted by molar-refractivity contribution is 0.102. The summed E-state index contributed by atoms with van der Waals surface area (Å²) >= 11 is 0. The molecule has 2 rings (SSSR count). The standard InChI is InChI=1S/C17H20N2O2/c1-11-4-5-12(2)14(8-11)17(20)19-15-7-6-13(10-18)9-16(15)21-3/h4-9H,10,18H2,1-3H3,(H,19,20). The van der Waals surface area contributed by atoms with Gasteiger partial charge in [0.25, 0.3) is 5.91 Å². The molecule has 110 valence electrons. The Morgan fingerprint density at radius 2 is 1.95 bits per heavy atom. The number of nitrogens with one attached hydrogen (secondary N) is 1. The number of benzene rings is 2. The van der Waals surface area contributed by atoms with Crippen LogP contribution in [0.15, 0.2) is 36.4 Å². The predicted molar refractivity (Wildman–Crippen MR) is 84.8 cm³/mol. The maximum atomic E-state index is 12.4. The summed E-state index contributed by atoms with van der Waals surface area (Å²) in [6.45, 7) is 4.32. The lowest BCUT2D eigenvalue weighted by Crippen LogP contribution is -2.14. The Bertz CT molecular complexity index is 666. The van der Waals surface area contributed by atoms with E-state index in [0.717, 1.165) is 16.7 Å². The average Bonchev–Trinajstić information content (AvgIpc) is 2.49. The Morgan fingerprint density at radius 3 is 2.62 bits per heavy atom. The summed E-state index contributed by atoms with van der Waals surface area (Å²) in [7, 11) is 1.57. The van der Waals surface area contributed by atoms with E-state index < -0.39 is 0 Å². The number of hydrogen-bond acceptors (Lipinski definition) is 3. The first-order valence-electron chi connectivity index (χ1n) is 6.80. The Balaban J connectivity index is 2.29. The molecule has 0 saturated heterocycles. The van der Waals surface area contributed by atoms with Crippen LogP contribution in [0.2, 0.25) is 0 Å². The molecule has 21 heavy (non-hydrogen) atoms. The number of anilines is 1. The number of amides is 1. The van der Waals surface area contributed by atoms with Crippen LogP contribution in [0.4, 0.5) is 5.69 Å². The summed E-state index contributed by atoms with van der Waals surface area (Å²) in [6, 6.07) is 11.3. The molecule has 4 nitrogen and oxygen atoms in total. The molecule has 2 aromatic rings. The average molecular weight is 284 g/mol. The van der Waals surface area contributed by atoms with Gasteiger partial charge >= 0.3 is 0 Å². The zero-order chi connectivity index (χ0) is 15.4. The highest BCUT2D eigenvalue weighted by Crippen LogP contribution is 2.26. The highest BCUT2D eigenvalue weighted by molar-refractivity contribution is 6.06. The van der Waals surface area contributed by atoms with Gasteiger partial charge < -0.3 is 15.8 Å². The van der Waals surface area contributed by atoms with Crippen LogP contribution in [-0.2, 0) is 6.54 Å². The molecule has 0 aliphatic heterocycles. The van der Waals surface area contributed by atoms with Crippen molar-refractivity contribution in [1.29, 1.82) is 0 Å². The lowest BCUT2D eigenvalue weighted by Gasteiger charge is -2.13. The Hall–Kier alpha value is -2.33. The summed E-state index contributed by atoms with van der Waals surface area (Å²) in [4.78, 5) is 12.4. The summed E-state index contributed by atoms with van der Waals surface area (Å²) in [5.74, 6) is 0.464. The molecule has 2 aromatic carbocycles. The van der Waals surface area contributed by atoms with Crippen molar-refractivity contribution < 1.29 is 9.53 Å².